The molecule has 0 saturated carbocycles. The monoisotopic (exact) mass is 175 g/mol. The number of nitrogens with one attached hydrogen (secondary N) is 1. The van der Waals surface area contributed by atoms with Gasteiger partial charge in [0.1, 0.15) is 0 Å². The Morgan fingerprint density at radius 2 is 2.55 bits per heavy atom. The van der Waals surface area contributed by atoms with Crippen molar-refractivity contribution >= 4 is 17.7 Å². The second-order valence-electron chi connectivity index (χ2n) is 2.60. The topological polar surface area (TPSA) is 49.3 Å². The molecule has 3 nitrogen and oxygen atoms in total. The summed E-state index contributed by atoms with van der Waals surface area (Å²) in [5, 5.41) is 12.2. The van der Waals surface area contributed by atoms with Gasteiger partial charge in [-0.15, -0.1) is 11.8 Å². The molecule has 1 heterocycles. The molecule has 0 spiro atoms. The Morgan fingerprint density at radius 3 is 3.09 bits per heavy atom. The summed E-state index contributed by atoms with van der Waals surface area (Å²) in [6.07, 6.45) is 2.08. The van der Waals surface area contributed by atoms with Crippen molar-refractivity contribution in [3.8, 4) is 0 Å². The van der Waals surface area contributed by atoms with Gasteiger partial charge >= 0.3 is 5.97 Å². The van der Waals surface area contributed by atoms with Gasteiger partial charge in [-0.05, 0) is 12.8 Å². The summed E-state index contributed by atoms with van der Waals surface area (Å²) in [5.41, 5.74) is 0. The number of carboxylic acids is 1. The minimum absolute atomic E-state index is 0.304. The van der Waals surface area contributed by atoms with Gasteiger partial charge in [-0.25, -0.2) is 0 Å². The molecule has 0 bridgehead atoms. The molecule has 1 rings (SSSR count). The summed E-state index contributed by atoms with van der Waals surface area (Å²) in [6.45, 7) is 1.07. The molecule has 0 aliphatic carbocycles. The fourth-order valence-electron chi connectivity index (χ4n) is 1.10. The third-order valence-corrected chi connectivity index (χ3v) is 2.89. The summed E-state index contributed by atoms with van der Waals surface area (Å²) in [5.74, 6) is 0.477. The first-order chi connectivity index (χ1) is 5.29. The molecule has 1 saturated heterocycles. The molecule has 0 aromatic carbocycles. The maximum absolute atomic E-state index is 10.1. The first-order valence-electron chi connectivity index (χ1n) is 3.86. The van der Waals surface area contributed by atoms with Crippen LogP contribution in [0.5, 0.6) is 0 Å². The van der Waals surface area contributed by atoms with Crippen molar-refractivity contribution in [3.63, 3.8) is 0 Å². The molecule has 0 amide bonds. The van der Waals surface area contributed by atoms with Crippen LogP contribution in [0, 0.1) is 0 Å². The van der Waals surface area contributed by atoms with Gasteiger partial charge in [-0.3, -0.25) is 4.79 Å². The van der Waals surface area contributed by atoms with Crippen LogP contribution in [0.15, 0.2) is 0 Å². The van der Waals surface area contributed by atoms with Gasteiger partial charge in [0.25, 0.3) is 0 Å². The van der Waals surface area contributed by atoms with Crippen LogP contribution in [-0.2, 0) is 4.79 Å². The van der Waals surface area contributed by atoms with E-state index in [-0.39, 0.29) is 0 Å². The minimum Gasteiger partial charge on any atom is -0.481 e. The molecule has 2 N–H and O–H groups in total. The lowest BCUT2D eigenvalue weighted by Crippen LogP contribution is -2.19. The lowest BCUT2D eigenvalue weighted by atomic mass is 10.2. The lowest BCUT2D eigenvalue weighted by molar-refractivity contribution is -0.137. The predicted octanol–water partition coefficient (Wildman–Crippen LogP) is 0.904. The summed E-state index contributed by atoms with van der Waals surface area (Å²) in [4.78, 5) is 10.1. The Hall–Kier alpha value is -0.220. The van der Waals surface area contributed by atoms with Crippen molar-refractivity contribution < 1.29 is 9.90 Å². The molecule has 0 aromatic rings. The van der Waals surface area contributed by atoms with E-state index in [4.69, 9.17) is 5.11 Å². The second kappa shape index (κ2) is 4.62. The van der Waals surface area contributed by atoms with Crippen LogP contribution in [0.3, 0.4) is 0 Å². The largest absolute Gasteiger partial charge is 0.481 e. The smallest absolute Gasteiger partial charge is 0.303 e. The van der Waals surface area contributed by atoms with Crippen molar-refractivity contribution in [2.75, 3.05) is 12.3 Å². The number of hydrogen-bond acceptors (Lipinski definition) is 3. The van der Waals surface area contributed by atoms with E-state index in [0.29, 0.717) is 11.8 Å². The second-order valence-corrected chi connectivity index (χ2v) is 3.91. The first-order valence-corrected chi connectivity index (χ1v) is 4.90. The van der Waals surface area contributed by atoms with E-state index in [1.807, 2.05) is 11.8 Å². The molecular weight excluding hydrogens is 162 g/mol. The summed E-state index contributed by atoms with van der Waals surface area (Å²) < 4.78 is 0. The van der Waals surface area contributed by atoms with Gasteiger partial charge in [0.05, 0.1) is 5.37 Å². The average Bonchev–Trinajstić information content (AvgIpc) is 2.39. The molecule has 1 fully saturated rings. The highest BCUT2D eigenvalue weighted by Crippen LogP contribution is 2.18. The highest BCUT2D eigenvalue weighted by atomic mass is 32.2. The van der Waals surface area contributed by atoms with Gasteiger partial charge in [-0.1, -0.05) is 0 Å². The molecule has 1 aliphatic heterocycles. The van der Waals surface area contributed by atoms with Crippen LogP contribution in [0.1, 0.15) is 19.3 Å². The number of thioether (sulfide) groups is 1. The quantitative estimate of drug-likeness (QED) is 0.666. The summed E-state index contributed by atoms with van der Waals surface area (Å²) >= 11 is 1.89. The molecule has 4 heteroatoms. The molecule has 1 unspecified atom stereocenters. The van der Waals surface area contributed by atoms with Crippen molar-refractivity contribution in [3.05, 3.63) is 0 Å². The zero-order chi connectivity index (χ0) is 8.10. The molecule has 0 radical (unpaired) electrons. The number of carbonyl (C=O) groups is 1. The lowest BCUT2D eigenvalue weighted by Gasteiger charge is -2.06. The third-order valence-electron chi connectivity index (χ3n) is 1.65. The fraction of sp³-hybridized carbons (Fsp3) is 0.857. The van der Waals surface area contributed by atoms with Gasteiger partial charge in [0.2, 0.25) is 0 Å². The zero-order valence-corrected chi connectivity index (χ0v) is 7.19. The number of hydrogen-bond donors (Lipinski definition) is 2. The Bertz CT molecular complexity index is 134. The zero-order valence-electron chi connectivity index (χ0n) is 6.38. The van der Waals surface area contributed by atoms with E-state index in [0.717, 1.165) is 25.1 Å². The van der Waals surface area contributed by atoms with E-state index < -0.39 is 5.97 Å². The Kier molecular flexibility index (Phi) is 3.72. The van der Waals surface area contributed by atoms with E-state index >= 15 is 0 Å². The van der Waals surface area contributed by atoms with Gasteiger partial charge in [-0.2, -0.15) is 0 Å². The van der Waals surface area contributed by atoms with Crippen molar-refractivity contribution in [1.29, 1.82) is 0 Å². The van der Waals surface area contributed by atoms with E-state index in [1.54, 1.807) is 0 Å². The SMILES string of the molecule is O=C(O)CCCC1NCCS1. The molecule has 1 atom stereocenters. The standard InChI is InChI=1S/C7H13NO2S/c9-7(10)3-1-2-6-8-4-5-11-6/h6,8H,1-5H2,(H,9,10). The Morgan fingerprint density at radius 1 is 1.73 bits per heavy atom. The van der Waals surface area contributed by atoms with Gasteiger partial charge in [0, 0.05) is 18.7 Å². The van der Waals surface area contributed by atoms with Crippen LogP contribution in [0.4, 0.5) is 0 Å². The van der Waals surface area contributed by atoms with Crippen LogP contribution >= 0.6 is 11.8 Å². The van der Waals surface area contributed by atoms with E-state index in [1.165, 1.54) is 0 Å². The van der Waals surface area contributed by atoms with E-state index in [2.05, 4.69) is 5.32 Å². The fourth-order valence-corrected chi connectivity index (χ4v) is 2.19. The molecule has 1 aliphatic rings. The third kappa shape index (κ3) is 3.62. The maximum atomic E-state index is 10.1. The van der Waals surface area contributed by atoms with Gasteiger partial charge < -0.3 is 10.4 Å². The minimum atomic E-state index is -0.687. The number of rotatable bonds is 4. The van der Waals surface area contributed by atoms with Crippen LogP contribution in [0.2, 0.25) is 0 Å². The predicted molar refractivity (Wildman–Crippen MR) is 45.7 cm³/mol. The highest BCUT2D eigenvalue weighted by molar-refractivity contribution is 8.00. The molecule has 11 heavy (non-hydrogen) atoms. The molecule has 64 valence electrons. The number of carboxylic acid groups (broad SMARTS) is 1. The van der Waals surface area contributed by atoms with Crippen molar-refractivity contribution in [2.45, 2.75) is 24.6 Å². The van der Waals surface area contributed by atoms with E-state index in [9.17, 15) is 4.79 Å². The summed E-state index contributed by atoms with van der Waals surface area (Å²) in [7, 11) is 0. The first kappa shape index (κ1) is 8.87. The van der Waals surface area contributed by atoms with Crippen LogP contribution < -0.4 is 5.32 Å². The Balaban J connectivity index is 1.98. The molecule has 0 aromatic heterocycles. The highest BCUT2D eigenvalue weighted by Gasteiger charge is 2.13. The average molecular weight is 175 g/mol. The summed E-state index contributed by atoms with van der Waals surface area (Å²) in [6, 6.07) is 0. The maximum Gasteiger partial charge on any atom is 0.303 e. The van der Waals surface area contributed by atoms with Crippen LogP contribution in [-0.4, -0.2) is 28.7 Å². The van der Waals surface area contributed by atoms with Gasteiger partial charge in [0.15, 0.2) is 0 Å². The van der Waals surface area contributed by atoms with Crippen molar-refractivity contribution in [2.24, 2.45) is 0 Å². The normalized spacial score (nSPS) is 23.8. The molecular formula is C7H13NO2S. The van der Waals surface area contributed by atoms with Crippen LogP contribution in [0.25, 0.3) is 0 Å². The Labute approximate surface area is 70.6 Å². The van der Waals surface area contributed by atoms with Crippen molar-refractivity contribution in [1.82, 2.24) is 5.32 Å². The number of aliphatic carboxylic acids is 1.